The minimum Gasteiger partial charge on any atom is -0.396 e. The molecule has 12 nitrogen and oxygen atoms in total. The smallest absolute Gasteiger partial charge is 0.306 e. The topological polar surface area (TPSA) is 152 Å². The average molecular weight is 507 g/mol. The Kier molecular flexibility index (Phi) is 11.6. The van der Waals surface area contributed by atoms with Crippen LogP contribution in [0, 0.1) is 10.1 Å². The summed E-state index contributed by atoms with van der Waals surface area (Å²) in [6.07, 6.45) is 14.3. The number of nitrogens with two attached hydrogens (primary N) is 1. The summed E-state index contributed by atoms with van der Waals surface area (Å²) < 4.78 is 3.50. The van der Waals surface area contributed by atoms with E-state index in [0.29, 0.717) is 6.54 Å². The van der Waals surface area contributed by atoms with E-state index in [2.05, 4.69) is 20.0 Å². The summed E-state index contributed by atoms with van der Waals surface area (Å²) in [7, 11) is 0. The molecule has 2 aromatic heterocycles. The number of β-amino-alcohol motifs (C(OH)–C–C–N with tert-alkyl or cyclic N) is 2. The summed E-state index contributed by atoms with van der Waals surface area (Å²) in [6, 6.07) is 0. The summed E-state index contributed by atoms with van der Waals surface area (Å²) in [4.78, 5) is 14.7. The Morgan fingerprint density at radius 3 is 1.81 bits per heavy atom. The first-order valence-electron chi connectivity index (χ1n) is 13.1. The van der Waals surface area contributed by atoms with E-state index in [1.807, 2.05) is 10.9 Å². The van der Waals surface area contributed by atoms with Crippen LogP contribution in [0.4, 0.5) is 11.4 Å². The average Bonchev–Trinajstić information content (AvgIpc) is 3.49. The summed E-state index contributed by atoms with van der Waals surface area (Å²) >= 11 is 0. The molecule has 2 atom stereocenters. The number of anilines is 1. The highest BCUT2D eigenvalue weighted by Crippen LogP contribution is 2.12. The van der Waals surface area contributed by atoms with Gasteiger partial charge in [-0.05, 0) is 77.5 Å². The molecule has 2 aliphatic heterocycles. The monoisotopic (exact) mass is 506 g/mol. The van der Waals surface area contributed by atoms with Gasteiger partial charge in [-0.25, -0.2) is 0 Å². The van der Waals surface area contributed by atoms with Gasteiger partial charge in [-0.1, -0.05) is 0 Å². The molecule has 0 spiro atoms. The first-order valence-corrected chi connectivity index (χ1v) is 13.1. The molecule has 12 heteroatoms. The van der Waals surface area contributed by atoms with Crippen molar-refractivity contribution in [3.05, 3.63) is 34.9 Å². The fourth-order valence-electron chi connectivity index (χ4n) is 4.76. The van der Waals surface area contributed by atoms with Crippen molar-refractivity contribution in [1.29, 1.82) is 0 Å². The molecule has 2 unspecified atom stereocenters. The SMILES string of the molecule is Nc1cnn(CCCCN2CCCC(O)C2)c1.O=[N+]([O-])c1cnn(CCCCN2CCCC(O)C2)c1. The summed E-state index contributed by atoms with van der Waals surface area (Å²) in [6.45, 7) is 7.48. The van der Waals surface area contributed by atoms with E-state index in [4.69, 9.17) is 5.73 Å². The van der Waals surface area contributed by atoms with Gasteiger partial charge in [0.05, 0.1) is 29.0 Å². The molecule has 4 N–H and O–H groups in total. The zero-order chi connectivity index (χ0) is 25.8. The number of nitrogen functional groups attached to an aromatic ring is 1. The van der Waals surface area contributed by atoms with Crippen LogP contribution in [0.5, 0.6) is 0 Å². The molecule has 202 valence electrons. The van der Waals surface area contributed by atoms with Crippen molar-refractivity contribution in [1.82, 2.24) is 29.4 Å². The zero-order valence-electron chi connectivity index (χ0n) is 21.2. The molecule has 2 aromatic rings. The van der Waals surface area contributed by atoms with E-state index < -0.39 is 4.92 Å². The van der Waals surface area contributed by atoms with Gasteiger partial charge in [-0.2, -0.15) is 10.2 Å². The Labute approximate surface area is 212 Å². The number of hydrogen-bond acceptors (Lipinski definition) is 9. The molecular weight excluding hydrogens is 464 g/mol. The van der Waals surface area contributed by atoms with Crippen LogP contribution in [0.15, 0.2) is 24.8 Å². The van der Waals surface area contributed by atoms with Gasteiger partial charge in [0.1, 0.15) is 12.4 Å². The molecule has 2 saturated heterocycles. The highest BCUT2D eigenvalue weighted by atomic mass is 16.6. The maximum atomic E-state index is 10.5. The first kappa shape index (κ1) is 28.0. The predicted octanol–water partition coefficient (Wildman–Crippen LogP) is 1.73. The number of aromatic nitrogens is 4. The molecule has 0 aromatic carbocycles. The molecular formula is C24H42N8O4. The van der Waals surface area contributed by atoms with Crippen molar-refractivity contribution in [3.63, 3.8) is 0 Å². The molecule has 0 radical (unpaired) electrons. The molecule has 0 saturated carbocycles. The fraction of sp³-hybridized carbons (Fsp3) is 0.750. The zero-order valence-corrected chi connectivity index (χ0v) is 21.2. The second kappa shape index (κ2) is 14.9. The van der Waals surface area contributed by atoms with Crippen LogP contribution in [0.3, 0.4) is 0 Å². The van der Waals surface area contributed by atoms with Gasteiger partial charge in [-0.15, -0.1) is 0 Å². The van der Waals surface area contributed by atoms with E-state index in [9.17, 15) is 20.3 Å². The molecule has 4 rings (SSSR count). The van der Waals surface area contributed by atoms with Gasteiger partial charge < -0.3 is 25.7 Å². The third-order valence-corrected chi connectivity index (χ3v) is 6.67. The van der Waals surface area contributed by atoms with Crippen molar-refractivity contribution < 1.29 is 15.1 Å². The second-order valence-corrected chi connectivity index (χ2v) is 9.86. The second-order valence-electron chi connectivity index (χ2n) is 9.86. The van der Waals surface area contributed by atoms with Gasteiger partial charge in [-0.3, -0.25) is 19.5 Å². The summed E-state index contributed by atoms with van der Waals surface area (Å²) in [5, 5.41) is 37.7. The number of aliphatic hydroxyl groups is 2. The molecule has 0 amide bonds. The normalized spacial score (nSPS) is 21.2. The van der Waals surface area contributed by atoms with E-state index in [1.54, 1.807) is 10.9 Å². The molecule has 0 aliphatic carbocycles. The molecule has 36 heavy (non-hydrogen) atoms. The van der Waals surface area contributed by atoms with Crippen LogP contribution in [-0.2, 0) is 13.1 Å². The molecule has 4 heterocycles. The lowest BCUT2D eigenvalue weighted by Gasteiger charge is -2.29. The Hall–Kier alpha value is -2.54. The van der Waals surface area contributed by atoms with Gasteiger partial charge >= 0.3 is 5.69 Å². The van der Waals surface area contributed by atoms with Crippen molar-refractivity contribution >= 4 is 11.4 Å². The highest BCUT2D eigenvalue weighted by Gasteiger charge is 2.17. The van der Waals surface area contributed by atoms with Gasteiger partial charge in [0.2, 0.25) is 0 Å². The van der Waals surface area contributed by atoms with Gasteiger partial charge in [0.25, 0.3) is 0 Å². The van der Waals surface area contributed by atoms with Crippen LogP contribution in [0.1, 0.15) is 51.4 Å². The van der Waals surface area contributed by atoms with Gasteiger partial charge in [0.15, 0.2) is 0 Å². The van der Waals surface area contributed by atoms with E-state index in [-0.39, 0.29) is 17.9 Å². The van der Waals surface area contributed by atoms with E-state index in [1.165, 1.54) is 12.4 Å². The quantitative estimate of drug-likeness (QED) is 0.235. The number of nitro groups is 1. The van der Waals surface area contributed by atoms with Crippen LogP contribution in [-0.4, -0.2) is 96.0 Å². The Balaban J connectivity index is 0.000000202. The fourth-order valence-corrected chi connectivity index (χ4v) is 4.76. The predicted molar refractivity (Wildman–Crippen MR) is 137 cm³/mol. The van der Waals surface area contributed by atoms with Crippen LogP contribution in [0.2, 0.25) is 0 Å². The Morgan fingerprint density at radius 1 is 0.861 bits per heavy atom. The minimum atomic E-state index is -0.432. The standard InChI is InChI=1S/C12H20N4O3.C12H22N4O/c17-12-4-3-6-14(10-12)5-1-2-7-15-9-11(8-13-15)16(18)19;13-11-8-14-16(9-11)7-2-1-5-15-6-3-4-12(17)10-15/h8-9,12,17H,1-7,10H2;8-9,12,17H,1-7,10,13H2. The van der Waals surface area contributed by atoms with Crippen molar-refractivity contribution in [2.45, 2.75) is 76.7 Å². The minimum absolute atomic E-state index is 0.0409. The van der Waals surface area contributed by atoms with Crippen molar-refractivity contribution in [2.24, 2.45) is 0 Å². The highest BCUT2D eigenvalue weighted by molar-refractivity contribution is 5.30. The van der Waals surface area contributed by atoms with Crippen molar-refractivity contribution in [3.8, 4) is 0 Å². The number of hydrogen-bond donors (Lipinski definition) is 3. The van der Waals surface area contributed by atoms with Crippen molar-refractivity contribution in [2.75, 3.05) is 45.0 Å². The van der Waals surface area contributed by atoms with Gasteiger partial charge in [0, 0.05) is 32.4 Å². The van der Waals surface area contributed by atoms with Crippen LogP contribution < -0.4 is 5.73 Å². The summed E-state index contributed by atoms with van der Waals surface area (Å²) in [5.74, 6) is 0. The third kappa shape index (κ3) is 10.2. The Morgan fingerprint density at radius 2 is 1.36 bits per heavy atom. The Bertz CT molecular complexity index is 904. The molecule has 0 bridgehead atoms. The lowest BCUT2D eigenvalue weighted by molar-refractivity contribution is -0.385. The third-order valence-electron chi connectivity index (χ3n) is 6.67. The largest absolute Gasteiger partial charge is 0.396 e. The number of unbranched alkanes of at least 4 members (excludes halogenated alkanes) is 2. The van der Waals surface area contributed by atoms with Crippen LogP contribution in [0.25, 0.3) is 0 Å². The summed E-state index contributed by atoms with van der Waals surface area (Å²) in [5.41, 5.74) is 6.36. The number of piperidine rings is 2. The molecule has 2 aliphatic rings. The lowest BCUT2D eigenvalue weighted by Crippen LogP contribution is -2.38. The number of nitrogens with zero attached hydrogens (tertiary/aromatic N) is 7. The van der Waals surface area contributed by atoms with Crippen LogP contribution >= 0.6 is 0 Å². The maximum Gasteiger partial charge on any atom is 0.306 e. The number of rotatable bonds is 11. The molecule has 2 fully saturated rings. The van der Waals surface area contributed by atoms with E-state index >= 15 is 0 Å². The lowest BCUT2D eigenvalue weighted by atomic mass is 10.1. The van der Waals surface area contributed by atoms with E-state index in [0.717, 1.165) is 103 Å². The number of likely N-dealkylation sites (tertiary alicyclic amines) is 2. The first-order chi connectivity index (χ1) is 17.4. The number of aryl methyl sites for hydroxylation is 2. The maximum absolute atomic E-state index is 10.5. The number of aliphatic hydroxyl groups excluding tert-OH is 2.